The number of unbranched alkanes of at least 4 members (excludes halogenated alkanes) is 9. The van der Waals surface area contributed by atoms with E-state index in [1.54, 1.807) is 0 Å². The van der Waals surface area contributed by atoms with Crippen LogP contribution in [-0.4, -0.2) is 6.29 Å². The summed E-state index contributed by atoms with van der Waals surface area (Å²) in [7, 11) is 0. The predicted octanol–water partition coefficient (Wildman–Crippen LogP) is 6.00. The van der Waals surface area contributed by atoms with E-state index < -0.39 is 0 Å². The highest BCUT2D eigenvalue weighted by atomic mass is 16.1. The lowest BCUT2D eigenvalue weighted by molar-refractivity contribution is -0.107. The molecule has 0 rings (SSSR count). The molecule has 19 heavy (non-hydrogen) atoms. The molecule has 0 aliphatic carbocycles. The molecule has 0 aliphatic heterocycles. The molecule has 110 valence electrons. The first-order chi connectivity index (χ1) is 9.41. The van der Waals surface area contributed by atoms with Gasteiger partial charge in [0.1, 0.15) is 6.29 Å². The molecule has 0 heterocycles. The molecule has 0 radical (unpaired) electrons. The Morgan fingerprint density at radius 1 is 0.579 bits per heavy atom. The van der Waals surface area contributed by atoms with Crippen LogP contribution < -0.4 is 0 Å². The maximum absolute atomic E-state index is 10.1. The molecule has 0 unspecified atom stereocenters. The number of carbonyl (C=O) groups excluding carboxylic acids is 1. The first-order valence-electron chi connectivity index (χ1n) is 8.15. The van der Waals surface area contributed by atoms with Gasteiger partial charge in [0.25, 0.3) is 0 Å². The van der Waals surface area contributed by atoms with E-state index >= 15 is 0 Å². The predicted molar refractivity (Wildman–Crippen MR) is 85.4 cm³/mol. The van der Waals surface area contributed by atoms with Gasteiger partial charge in [-0.15, -0.1) is 0 Å². The largest absolute Gasteiger partial charge is 0.303 e. The van der Waals surface area contributed by atoms with E-state index in [1.807, 2.05) is 0 Å². The van der Waals surface area contributed by atoms with Gasteiger partial charge in [-0.3, -0.25) is 0 Å². The first kappa shape index (κ1) is 18.1. The Hall–Kier alpha value is -0.850. The third-order valence-corrected chi connectivity index (χ3v) is 3.24. The zero-order chi connectivity index (χ0) is 14.0. The summed E-state index contributed by atoms with van der Waals surface area (Å²) in [4.78, 5) is 10.1. The zero-order valence-electron chi connectivity index (χ0n) is 12.8. The van der Waals surface area contributed by atoms with Crippen LogP contribution in [0.1, 0.15) is 84.0 Å². The highest BCUT2D eigenvalue weighted by molar-refractivity contribution is 5.48. The van der Waals surface area contributed by atoms with E-state index in [-0.39, 0.29) is 0 Å². The molecule has 0 bridgehead atoms. The van der Waals surface area contributed by atoms with Crippen LogP contribution in [-0.2, 0) is 4.79 Å². The van der Waals surface area contributed by atoms with Crippen molar-refractivity contribution >= 4 is 6.29 Å². The molecule has 1 nitrogen and oxygen atoms in total. The van der Waals surface area contributed by atoms with Gasteiger partial charge in [-0.25, -0.2) is 0 Å². The first-order valence-corrected chi connectivity index (χ1v) is 8.15. The van der Waals surface area contributed by atoms with Crippen LogP contribution in [0, 0.1) is 0 Å². The van der Waals surface area contributed by atoms with Crippen LogP contribution in [0.3, 0.4) is 0 Å². The average molecular weight is 264 g/mol. The van der Waals surface area contributed by atoms with Crippen molar-refractivity contribution in [3.63, 3.8) is 0 Å². The van der Waals surface area contributed by atoms with Crippen molar-refractivity contribution in [3.8, 4) is 0 Å². The third kappa shape index (κ3) is 17.1. The minimum absolute atomic E-state index is 0.719. The molecular weight excluding hydrogens is 232 g/mol. The number of rotatable bonds is 14. The quantitative estimate of drug-likeness (QED) is 0.214. The molecule has 0 spiro atoms. The van der Waals surface area contributed by atoms with Crippen LogP contribution in [0.5, 0.6) is 0 Å². The topological polar surface area (TPSA) is 17.1 Å². The molecule has 0 saturated carbocycles. The lowest BCUT2D eigenvalue weighted by Crippen LogP contribution is -1.76. The van der Waals surface area contributed by atoms with Crippen molar-refractivity contribution in [1.29, 1.82) is 0 Å². The third-order valence-electron chi connectivity index (χ3n) is 3.24. The van der Waals surface area contributed by atoms with Gasteiger partial charge < -0.3 is 4.79 Å². The fourth-order valence-corrected chi connectivity index (χ4v) is 2.00. The van der Waals surface area contributed by atoms with Crippen LogP contribution in [0.2, 0.25) is 0 Å². The van der Waals surface area contributed by atoms with E-state index in [0.29, 0.717) is 0 Å². The summed E-state index contributed by atoms with van der Waals surface area (Å²) >= 11 is 0. The molecule has 0 amide bonds. The van der Waals surface area contributed by atoms with E-state index in [2.05, 4.69) is 31.2 Å². The van der Waals surface area contributed by atoms with Crippen molar-refractivity contribution in [2.24, 2.45) is 0 Å². The van der Waals surface area contributed by atoms with E-state index in [9.17, 15) is 4.79 Å². The molecule has 0 aliphatic rings. The zero-order valence-corrected chi connectivity index (χ0v) is 12.8. The van der Waals surface area contributed by atoms with Gasteiger partial charge in [-0.2, -0.15) is 0 Å². The molecule has 0 aromatic heterocycles. The highest BCUT2D eigenvalue weighted by Crippen LogP contribution is 2.05. The summed E-state index contributed by atoms with van der Waals surface area (Å²) in [6.07, 6.45) is 24.6. The molecule has 1 heteroatoms. The lowest BCUT2D eigenvalue weighted by atomic mass is 10.1. The van der Waals surface area contributed by atoms with Crippen LogP contribution in [0.25, 0.3) is 0 Å². The number of hydrogen-bond acceptors (Lipinski definition) is 1. The van der Waals surface area contributed by atoms with E-state index in [0.717, 1.165) is 32.0 Å². The second kappa shape index (κ2) is 17.2. The van der Waals surface area contributed by atoms with Gasteiger partial charge in [0.15, 0.2) is 0 Å². The normalized spacial score (nSPS) is 11.6. The second-order valence-electron chi connectivity index (χ2n) is 5.17. The Bertz CT molecular complexity index is 228. The van der Waals surface area contributed by atoms with Gasteiger partial charge in [-0.1, -0.05) is 50.5 Å². The number of allylic oxidation sites excluding steroid dienone is 4. The second-order valence-corrected chi connectivity index (χ2v) is 5.17. The molecular formula is C18H32O. The molecule has 0 N–H and O–H groups in total. The molecule has 0 saturated heterocycles. The van der Waals surface area contributed by atoms with E-state index in [4.69, 9.17) is 0 Å². The van der Waals surface area contributed by atoms with Crippen LogP contribution in [0.15, 0.2) is 24.3 Å². The van der Waals surface area contributed by atoms with Gasteiger partial charge in [-0.05, 0) is 51.4 Å². The molecule has 0 fully saturated rings. The fraction of sp³-hybridized carbons (Fsp3) is 0.722. The molecule has 0 atom stereocenters. The summed E-state index contributed by atoms with van der Waals surface area (Å²) in [5.41, 5.74) is 0. The monoisotopic (exact) mass is 264 g/mol. The Labute approximate surface area is 120 Å². The molecule has 0 aromatic carbocycles. The minimum atomic E-state index is 0.719. The van der Waals surface area contributed by atoms with Gasteiger partial charge >= 0.3 is 0 Å². The summed E-state index contributed by atoms with van der Waals surface area (Å²) in [6, 6.07) is 0. The van der Waals surface area contributed by atoms with Crippen molar-refractivity contribution in [3.05, 3.63) is 24.3 Å². The van der Waals surface area contributed by atoms with Crippen molar-refractivity contribution < 1.29 is 4.79 Å². The standard InChI is InChI=1S/C18H32O/c1-2-3-4-5-6-7-8-9-10-11-12-13-14-15-16-17-18-19/h7-8,12-13,18H,2-6,9-11,14-17H2,1H3/b8-7-,13-12+. The van der Waals surface area contributed by atoms with Gasteiger partial charge in [0, 0.05) is 6.42 Å². The highest BCUT2D eigenvalue weighted by Gasteiger charge is 1.86. The minimum Gasteiger partial charge on any atom is -0.303 e. The summed E-state index contributed by atoms with van der Waals surface area (Å²) in [6.45, 7) is 2.26. The van der Waals surface area contributed by atoms with Crippen LogP contribution >= 0.6 is 0 Å². The smallest absolute Gasteiger partial charge is 0.119 e. The lowest BCUT2D eigenvalue weighted by Gasteiger charge is -1.95. The molecule has 0 aromatic rings. The Morgan fingerprint density at radius 2 is 1.05 bits per heavy atom. The Kier molecular flexibility index (Phi) is 16.4. The van der Waals surface area contributed by atoms with Crippen LogP contribution in [0.4, 0.5) is 0 Å². The maximum atomic E-state index is 10.1. The maximum Gasteiger partial charge on any atom is 0.119 e. The SMILES string of the molecule is CCCCCC/C=C\CCC/C=C/CCCCC=O. The van der Waals surface area contributed by atoms with Gasteiger partial charge in [0.2, 0.25) is 0 Å². The van der Waals surface area contributed by atoms with Gasteiger partial charge in [0.05, 0.1) is 0 Å². The van der Waals surface area contributed by atoms with Crippen molar-refractivity contribution in [1.82, 2.24) is 0 Å². The Balaban J connectivity index is 3.14. The number of hydrogen-bond donors (Lipinski definition) is 0. The number of aldehydes is 1. The average Bonchev–Trinajstić information content (AvgIpc) is 2.43. The summed E-state index contributed by atoms with van der Waals surface area (Å²) in [5, 5.41) is 0. The van der Waals surface area contributed by atoms with E-state index in [1.165, 1.54) is 51.4 Å². The summed E-state index contributed by atoms with van der Waals surface area (Å²) < 4.78 is 0. The van der Waals surface area contributed by atoms with Crippen molar-refractivity contribution in [2.75, 3.05) is 0 Å². The number of carbonyl (C=O) groups is 1. The Morgan fingerprint density at radius 3 is 1.58 bits per heavy atom. The fourth-order valence-electron chi connectivity index (χ4n) is 2.00. The summed E-state index contributed by atoms with van der Waals surface area (Å²) in [5.74, 6) is 0. The van der Waals surface area contributed by atoms with Crippen molar-refractivity contribution in [2.45, 2.75) is 84.0 Å².